The van der Waals surface area contributed by atoms with E-state index >= 15 is 0 Å². The van der Waals surface area contributed by atoms with Crippen molar-refractivity contribution in [2.45, 2.75) is 30.6 Å². The van der Waals surface area contributed by atoms with Gasteiger partial charge in [0.15, 0.2) is 0 Å². The number of carbonyl (C=O) groups excluding carboxylic acids is 1. The van der Waals surface area contributed by atoms with Gasteiger partial charge in [0.2, 0.25) is 10.0 Å². The third-order valence-electron chi connectivity index (χ3n) is 6.05. The molecule has 2 aliphatic heterocycles. The van der Waals surface area contributed by atoms with Gasteiger partial charge in [-0.3, -0.25) is 0 Å². The number of hydrogen-bond acceptors (Lipinski definition) is 4. The second kappa shape index (κ2) is 9.87. The molecule has 0 unspecified atom stereocenters. The normalized spacial score (nSPS) is 18.3. The molecule has 2 aromatic carbocycles. The Hall–Kier alpha value is -2.65. The Bertz CT molecular complexity index is 1030. The van der Waals surface area contributed by atoms with Crippen molar-refractivity contribution in [3.63, 3.8) is 0 Å². The fourth-order valence-corrected chi connectivity index (χ4v) is 5.75. The van der Waals surface area contributed by atoms with E-state index in [0.29, 0.717) is 45.0 Å². The molecule has 0 aromatic heterocycles. The van der Waals surface area contributed by atoms with Gasteiger partial charge in [0.05, 0.1) is 4.90 Å². The second-order valence-corrected chi connectivity index (χ2v) is 10.2. The Balaban J connectivity index is 1.37. The maximum Gasteiger partial charge on any atom is 0.321 e. The smallest absolute Gasteiger partial charge is 0.321 e. The first-order chi connectivity index (χ1) is 15.4. The maximum absolute atomic E-state index is 13.1. The van der Waals surface area contributed by atoms with Crippen molar-refractivity contribution < 1.29 is 17.6 Å². The molecule has 4 rings (SSSR count). The van der Waals surface area contributed by atoms with Gasteiger partial charge in [-0.15, -0.1) is 0 Å². The van der Waals surface area contributed by atoms with Crippen molar-refractivity contribution in [1.82, 2.24) is 9.21 Å². The van der Waals surface area contributed by atoms with Crippen LogP contribution in [0.1, 0.15) is 25.7 Å². The predicted molar refractivity (Wildman–Crippen MR) is 123 cm³/mol. The van der Waals surface area contributed by atoms with E-state index < -0.39 is 10.0 Å². The van der Waals surface area contributed by atoms with Crippen LogP contribution in [0.4, 0.5) is 20.6 Å². The largest absolute Gasteiger partial charge is 0.368 e. The zero-order valence-electron chi connectivity index (χ0n) is 18.0. The Morgan fingerprint density at radius 1 is 0.844 bits per heavy atom. The van der Waals surface area contributed by atoms with Gasteiger partial charge in [0.1, 0.15) is 5.82 Å². The molecule has 2 aliphatic rings. The molecule has 2 aromatic rings. The minimum Gasteiger partial charge on any atom is -0.368 e. The summed E-state index contributed by atoms with van der Waals surface area (Å²) in [6.45, 7) is 3.41. The molecule has 7 nitrogen and oxygen atoms in total. The standard InChI is InChI=1S/C23H29FN4O3S/c24-19-8-10-21(11-9-19)26-14-16-27(17-15-26)23(29)25-20-6-5-7-22(18-20)32(30,31)28-12-3-1-2-4-13-28/h5-11,18H,1-4,12-17H2,(H,25,29). The number of rotatable bonds is 4. The average Bonchev–Trinajstić information content (AvgIpc) is 3.10. The SMILES string of the molecule is O=C(Nc1cccc(S(=O)(=O)N2CCCCCC2)c1)N1CCN(c2ccc(F)cc2)CC1. The lowest BCUT2D eigenvalue weighted by Gasteiger charge is -2.36. The lowest BCUT2D eigenvalue weighted by molar-refractivity contribution is 0.208. The molecule has 2 saturated heterocycles. The summed E-state index contributed by atoms with van der Waals surface area (Å²) in [5.41, 5.74) is 1.39. The third kappa shape index (κ3) is 5.21. The van der Waals surface area contributed by atoms with Gasteiger partial charge in [-0.05, 0) is 55.3 Å². The van der Waals surface area contributed by atoms with Crippen LogP contribution in [0.3, 0.4) is 0 Å². The number of nitrogens with zero attached hydrogens (tertiary/aromatic N) is 3. The van der Waals surface area contributed by atoms with Crippen LogP contribution in [0.2, 0.25) is 0 Å². The zero-order chi connectivity index (χ0) is 22.6. The number of nitrogens with one attached hydrogen (secondary N) is 1. The highest BCUT2D eigenvalue weighted by molar-refractivity contribution is 7.89. The summed E-state index contributed by atoms with van der Waals surface area (Å²) in [5.74, 6) is -0.271. The molecule has 0 radical (unpaired) electrons. The first-order valence-electron chi connectivity index (χ1n) is 11.1. The van der Waals surface area contributed by atoms with E-state index in [1.54, 1.807) is 39.5 Å². The molecule has 2 heterocycles. The van der Waals surface area contributed by atoms with Crippen molar-refractivity contribution in [2.75, 3.05) is 49.5 Å². The number of carbonyl (C=O) groups is 1. The third-order valence-corrected chi connectivity index (χ3v) is 7.94. The molecule has 2 amide bonds. The molecule has 0 atom stereocenters. The minimum absolute atomic E-state index is 0.207. The van der Waals surface area contributed by atoms with Crippen LogP contribution in [0.25, 0.3) is 0 Å². The Morgan fingerprint density at radius 3 is 2.16 bits per heavy atom. The van der Waals surface area contributed by atoms with E-state index in [4.69, 9.17) is 0 Å². The van der Waals surface area contributed by atoms with E-state index in [1.807, 2.05) is 0 Å². The van der Waals surface area contributed by atoms with E-state index in [2.05, 4.69) is 10.2 Å². The first-order valence-corrected chi connectivity index (χ1v) is 12.5. The van der Waals surface area contributed by atoms with Gasteiger partial charge in [-0.25, -0.2) is 17.6 Å². The van der Waals surface area contributed by atoms with Gasteiger partial charge < -0.3 is 15.1 Å². The van der Waals surface area contributed by atoms with Crippen LogP contribution >= 0.6 is 0 Å². The van der Waals surface area contributed by atoms with Crippen LogP contribution in [-0.4, -0.2) is 62.9 Å². The topological polar surface area (TPSA) is 73.0 Å². The molecule has 0 aliphatic carbocycles. The molecule has 2 fully saturated rings. The molecule has 0 spiro atoms. The van der Waals surface area contributed by atoms with Gasteiger partial charge in [0, 0.05) is 50.6 Å². The lowest BCUT2D eigenvalue weighted by Crippen LogP contribution is -2.50. The average molecular weight is 461 g/mol. The van der Waals surface area contributed by atoms with E-state index in [1.165, 1.54) is 18.2 Å². The molecule has 9 heteroatoms. The minimum atomic E-state index is -3.57. The molecular formula is C23H29FN4O3S. The van der Waals surface area contributed by atoms with Crippen molar-refractivity contribution in [3.8, 4) is 0 Å². The quantitative estimate of drug-likeness (QED) is 0.754. The van der Waals surface area contributed by atoms with Gasteiger partial charge in [0.25, 0.3) is 0 Å². The van der Waals surface area contributed by atoms with E-state index in [9.17, 15) is 17.6 Å². The fraction of sp³-hybridized carbons (Fsp3) is 0.435. The van der Waals surface area contributed by atoms with Crippen LogP contribution in [0.5, 0.6) is 0 Å². The van der Waals surface area contributed by atoms with Gasteiger partial charge in [-0.2, -0.15) is 4.31 Å². The number of hydrogen-bond donors (Lipinski definition) is 1. The highest BCUT2D eigenvalue weighted by Gasteiger charge is 2.26. The summed E-state index contributed by atoms with van der Waals surface area (Å²) < 4.78 is 40.8. The molecule has 1 N–H and O–H groups in total. The summed E-state index contributed by atoms with van der Waals surface area (Å²) in [4.78, 5) is 16.8. The van der Waals surface area contributed by atoms with Crippen molar-refractivity contribution in [1.29, 1.82) is 0 Å². The maximum atomic E-state index is 13.1. The number of amides is 2. The second-order valence-electron chi connectivity index (χ2n) is 8.23. The monoisotopic (exact) mass is 460 g/mol. The number of benzene rings is 2. The fourth-order valence-electron chi connectivity index (χ4n) is 4.19. The molecule has 32 heavy (non-hydrogen) atoms. The number of sulfonamides is 1. The first kappa shape index (κ1) is 22.5. The van der Waals surface area contributed by atoms with Crippen molar-refractivity contribution >= 4 is 27.4 Å². The summed E-state index contributed by atoms with van der Waals surface area (Å²) >= 11 is 0. The van der Waals surface area contributed by atoms with Crippen LogP contribution in [-0.2, 0) is 10.0 Å². The molecular weight excluding hydrogens is 431 g/mol. The molecule has 172 valence electrons. The van der Waals surface area contributed by atoms with E-state index in [-0.39, 0.29) is 16.7 Å². The Labute approximate surface area is 188 Å². The summed E-state index contributed by atoms with van der Waals surface area (Å²) in [6.07, 6.45) is 3.85. The Morgan fingerprint density at radius 2 is 1.50 bits per heavy atom. The highest BCUT2D eigenvalue weighted by Crippen LogP contribution is 2.23. The molecule has 0 bridgehead atoms. The number of piperazine rings is 1. The Kier molecular flexibility index (Phi) is 6.95. The van der Waals surface area contributed by atoms with Crippen LogP contribution in [0.15, 0.2) is 53.4 Å². The lowest BCUT2D eigenvalue weighted by atomic mass is 10.2. The number of anilines is 2. The predicted octanol–water partition coefficient (Wildman–Crippen LogP) is 3.74. The summed E-state index contributed by atoms with van der Waals surface area (Å²) in [7, 11) is -3.57. The number of urea groups is 1. The molecule has 0 saturated carbocycles. The zero-order valence-corrected chi connectivity index (χ0v) is 18.9. The van der Waals surface area contributed by atoms with Crippen LogP contribution in [0, 0.1) is 5.82 Å². The van der Waals surface area contributed by atoms with E-state index in [0.717, 1.165) is 31.4 Å². The van der Waals surface area contributed by atoms with Gasteiger partial charge >= 0.3 is 6.03 Å². The number of halogens is 1. The van der Waals surface area contributed by atoms with Crippen LogP contribution < -0.4 is 10.2 Å². The van der Waals surface area contributed by atoms with Crippen molar-refractivity contribution in [3.05, 3.63) is 54.3 Å². The van der Waals surface area contributed by atoms with Crippen molar-refractivity contribution in [2.24, 2.45) is 0 Å². The summed E-state index contributed by atoms with van der Waals surface area (Å²) in [5, 5.41) is 2.84. The summed E-state index contributed by atoms with van der Waals surface area (Å²) in [6, 6.07) is 12.6. The van der Waals surface area contributed by atoms with Gasteiger partial charge in [-0.1, -0.05) is 18.9 Å². The highest BCUT2D eigenvalue weighted by atomic mass is 32.2.